The van der Waals surface area contributed by atoms with E-state index in [1.807, 2.05) is 0 Å². The minimum atomic E-state index is -0.967. The second kappa shape index (κ2) is 4.26. The maximum atomic E-state index is 10.4. The molecule has 0 saturated carbocycles. The van der Waals surface area contributed by atoms with E-state index in [1.54, 1.807) is 32.9 Å². The number of carboxylic acids is 1. The van der Waals surface area contributed by atoms with Gasteiger partial charge in [-0.3, -0.25) is 4.79 Å². The molecule has 0 aromatic heterocycles. The summed E-state index contributed by atoms with van der Waals surface area (Å²) in [6.45, 7) is 5.03. The molecule has 12 heavy (non-hydrogen) atoms. The van der Waals surface area contributed by atoms with Crippen LogP contribution in [0.3, 0.4) is 0 Å². The topological polar surface area (TPSA) is 57.5 Å². The molecule has 0 amide bonds. The molecule has 0 spiro atoms. The molecule has 0 aliphatic rings. The number of aliphatic carboxylic acids is 1. The summed E-state index contributed by atoms with van der Waals surface area (Å²) in [7, 11) is 0. The number of hydrogen-bond acceptors (Lipinski definition) is 2. The van der Waals surface area contributed by atoms with Crippen molar-refractivity contribution in [3.63, 3.8) is 0 Å². The van der Waals surface area contributed by atoms with E-state index in [1.165, 1.54) is 0 Å². The molecule has 1 atom stereocenters. The van der Waals surface area contributed by atoms with Crippen molar-refractivity contribution < 1.29 is 15.0 Å². The summed E-state index contributed by atoms with van der Waals surface area (Å²) in [5.74, 6) is -1.21. The molecule has 0 rings (SSSR count). The van der Waals surface area contributed by atoms with Crippen LogP contribution in [-0.4, -0.2) is 21.8 Å². The van der Waals surface area contributed by atoms with Crippen LogP contribution in [0.4, 0.5) is 0 Å². The SMILES string of the molecule is CC=C[C@H](CC(=O)O)C(C)(C)O. The van der Waals surface area contributed by atoms with Crippen LogP contribution >= 0.6 is 0 Å². The Kier molecular flexibility index (Phi) is 3.96. The molecule has 0 bridgehead atoms. The Morgan fingerprint density at radius 3 is 2.33 bits per heavy atom. The van der Waals surface area contributed by atoms with E-state index in [2.05, 4.69) is 0 Å². The zero-order valence-corrected chi connectivity index (χ0v) is 7.74. The number of carboxylic acid groups (broad SMARTS) is 1. The summed E-state index contributed by atoms with van der Waals surface area (Å²) in [5, 5.41) is 18.1. The summed E-state index contributed by atoms with van der Waals surface area (Å²) >= 11 is 0. The third-order valence-electron chi connectivity index (χ3n) is 1.73. The lowest BCUT2D eigenvalue weighted by atomic mass is 9.88. The van der Waals surface area contributed by atoms with Crippen LogP contribution in [0.2, 0.25) is 0 Å². The van der Waals surface area contributed by atoms with Crippen molar-refractivity contribution in [1.82, 2.24) is 0 Å². The predicted molar refractivity (Wildman–Crippen MR) is 46.9 cm³/mol. The van der Waals surface area contributed by atoms with Gasteiger partial charge in [0.2, 0.25) is 0 Å². The van der Waals surface area contributed by atoms with Gasteiger partial charge in [0.05, 0.1) is 12.0 Å². The third-order valence-corrected chi connectivity index (χ3v) is 1.73. The summed E-state index contributed by atoms with van der Waals surface area (Å²) < 4.78 is 0. The monoisotopic (exact) mass is 172 g/mol. The van der Waals surface area contributed by atoms with E-state index in [0.29, 0.717) is 0 Å². The Morgan fingerprint density at radius 1 is 1.58 bits per heavy atom. The van der Waals surface area contributed by atoms with Gasteiger partial charge in [-0.05, 0) is 20.8 Å². The highest BCUT2D eigenvalue weighted by molar-refractivity contribution is 5.67. The highest BCUT2D eigenvalue weighted by Gasteiger charge is 2.26. The van der Waals surface area contributed by atoms with E-state index in [9.17, 15) is 9.90 Å². The van der Waals surface area contributed by atoms with Crippen molar-refractivity contribution in [3.05, 3.63) is 12.2 Å². The maximum Gasteiger partial charge on any atom is 0.304 e. The van der Waals surface area contributed by atoms with Crippen LogP contribution in [0.25, 0.3) is 0 Å². The van der Waals surface area contributed by atoms with Gasteiger partial charge in [-0.2, -0.15) is 0 Å². The van der Waals surface area contributed by atoms with Crippen molar-refractivity contribution in [3.8, 4) is 0 Å². The molecule has 0 aliphatic carbocycles. The molecule has 0 unspecified atom stereocenters. The number of hydrogen-bond donors (Lipinski definition) is 2. The molecule has 0 radical (unpaired) electrons. The standard InChI is InChI=1S/C9H16O3/c1-4-5-7(6-8(10)11)9(2,3)12/h4-5,7,12H,6H2,1-3H3,(H,10,11)/t7-/m1/s1. The Labute approximate surface area is 72.7 Å². The molecule has 0 aliphatic heterocycles. The molecular formula is C9H16O3. The first-order valence-corrected chi connectivity index (χ1v) is 3.95. The predicted octanol–water partition coefficient (Wildman–Crippen LogP) is 1.42. The van der Waals surface area contributed by atoms with Crippen LogP contribution in [0.5, 0.6) is 0 Å². The third kappa shape index (κ3) is 4.13. The highest BCUT2D eigenvalue weighted by Crippen LogP contribution is 2.21. The zero-order chi connectivity index (χ0) is 9.78. The van der Waals surface area contributed by atoms with Crippen molar-refractivity contribution >= 4 is 5.97 Å². The van der Waals surface area contributed by atoms with Crippen molar-refractivity contribution in [2.45, 2.75) is 32.8 Å². The van der Waals surface area contributed by atoms with Gasteiger partial charge in [0.1, 0.15) is 0 Å². The maximum absolute atomic E-state index is 10.4. The average Bonchev–Trinajstić information content (AvgIpc) is 1.83. The Hall–Kier alpha value is -0.830. The molecule has 0 saturated heterocycles. The number of carbonyl (C=O) groups is 1. The molecule has 0 aromatic rings. The fraction of sp³-hybridized carbons (Fsp3) is 0.667. The molecule has 0 heterocycles. The first-order chi connectivity index (χ1) is 5.38. The zero-order valence-electron chi connectivity index (χ0n) is 7.74. The van der Waals surface area contributed by atoms with Crippen molar-refractivity contribution in [2.24, 2.45) is 5.92 Å². The summed E-state index contributed by atoms with van der Waals surface area (Å²) in [4.78, 5) is 10.4. The van der Waals surface area contributed by atoms with Gasteiger partial charge in [-0.15, -0.1) is 0 Å². The van der Waals surface area contributed by atoms with Crippen LogP contribution in [0.1, 0.15) is 27.2 Å². The average molecular weight is 172 g/mol. The molecule has 0 aromatic carbocycles. The second-order valence-electron chi connectivity index (χ2n) is 3.38. The minimum Gasteiger partial charge on any atom is -0.481 e. The number of rotatable bonds is 4. The lowest BCUT2D eigenvalue weighted by molar-refractivity contribution is -0.139. The van der Waals surface area contributed by atoms with Gasteiger partial charge < -0.3 is 10.2 Å². The summed E-state index contributed by atoms with van der Waals surface area (Å²) in [6.07, 6.45) is 3.44. The van der Waals surface area contributed by atoms with Crippen LogP contribution < -0.4 is 0 Å². The number of aliphatic hydroxyl groups is 1. The van der Waals surface area contributed by atoms with Crippen LogP contribution in [-0.2, 0) is 4.79 Å². The number of allylic oxidation sites excluding steroid dienone is 1. The van der Waals surface area contributed by atoms with Gasteiger partial charge in [-0.25, -0.2) is 0 Å². The fourth-order valence-electron chi connectivity index (χ4n) is 0.974. The van der Waals surface area contributed by atoms with Gasteiger partial charge in [0.25, 0.3) is 0 Å². The largest absolute Gasteiger partial charge is 0.481 e. The Bertz CT molecular complexity index is 177. The van der Waals surface area contributed by atoms with Crippen LogP contribution in [0, 0.1) is 5.92 Å². The highest BCUT2D eigenvalue weighted by atomic mass is 16.4. The molecule has 2 N–H and O–H groups in total. The lowest BCUT2D eigenvalue weighted by Gasteiger charge is -2.25. The fourth-order valence-corrected chi connectivity index (χ4v) is 0.974. The van der Waals surface area contributed by atoms with E-state index in [4.69, 9.17) is 5.11 Å². The van der Waals surface area contributed by atoms with Gasteiger partial charge in [0, 0.05) is 5.92 Å². The van der Waals surface area contributed by atoms with E-state index in [0.717, 1.165) is 0 Å². The van der Waals surface area contributed by atoms with E-state index >= 15 is 0 Å². The molecular weight excluding hydrogens is 156 g/mol. The normalized spacial score (nSPS) is 15.0. The summed E-state index contributed by atoms with van der Waals surface area (Å²) in [6, 6.07) is 0. The van der Waals surface area contributed by atoms with E-state index in [-0.39, 0.29) is 12.3 Å². The van der Waals surface area contributed by atoms with Crippen molar-refractivity contribution in [2.75, 3.05) is 0 Å². The quantitative estimate of drug-likeness (QED) is 0.630. The van der Waals surface area contributed by atoms with Crippen molar-refractivity contribution in [1.29, 1.82) is 0 Å². The minimum absolute atomic E-state index is 0.0339. The second-order valence-corrected chi connectivity index (χ2v) is 3.38. The molecule has 3 heteroatoms. The lowest BCUT2D eigenvalue weighted by Crippen LogP contribution is -2.31. The van der Waals surface area contributed by atoms with Crippen LogP contribution in [0.15, 0.2) is 12.2 Å². The van der Waals surface area contributed by atoms with Gasteiger partial charge >= 0.3 is 5.97 Å². The molecule has 70 valence electrons. The first kappa shape index (κ1) is 11.2. The van der Waals surface area contributed by atoms with Gasteiger partial charge in [0.15, 0.2) is 0 Å². The first-order valence-electron chi connectivity index (χ1n) is 3.95. The Balaban J connectivity index is 4.34. The van der Waals surface area contributed by atoms with Gasteiger partial charge in [-0.1, -0.05) is 12.2 Å². The molecule has 3 nitrogen and oxygen atoms in total. The Morgan fingerprint density at radius 2 is 2.08 bits per heavy atom. The smallest absolute Gasteiger partial charge is 0.304 e. The molecule has 0 fully saturated rings. The van der Waals surface area contributed by atoms with E-state index < -0.39 is 11.6 Å². The summed E-state index contributed by atoms with van der Waals surface area (Å²) in [5.41, 5.74) is -0.967.